The zero-order valence-corrected chi connectivity index (χ0v) is 13.3. The molecule has 2 rings (SSSR count). The van der Waals surface area contributed by atoms with Crippen LogP contribution in [0.4, 0.5) is 5.69 Å². The van der Waals surface area contributed by atoms with Crippen molar-refractivity contribution in [1.29, 1.82) is 0 Å². The summed E-state index contributed by atoms with van der Waals surface area (Å²) in [6, 6.07) is 7.50. The highest BCUT2D eigenvalue weighted by Gasteiger charge is 2.13. The van der Waals surface area contributed by atoms with E-state index in [1.165, 1.54) is 0 Å². The zero-order valence-electron chi connectivity index (χ0n) is 11.7. The van der Waals surface area contributed by atoms with E-state index in [1.807, 2.05) is 45.3 Å². The molecule has 0 fully saturated rings. The summed E-state index contributed by atoms with van der Waals surface area (Å²) in [4.78, 5) is 12.3. The summed E-state index contributed by atoms with van der Waals surface area (Å²) in [5, 5.41) is 2.89. The highest BCUT2D eigenvalue weighted by molar-refractivity contribution is 9.10. The van der Waals surface area contributed by atoms with Gasteiger partial charge in [0.2, 0.25) is 0 Å². The highest BCUT2D eigenvalue weighted by Crippen LogP contribution is 2.26. The number of benzene rings is 1. The van der Waals surface area contributed by atoms with E-state index in [-0.39, 0.29) is 5.91 Å². The quantitative estimate of drug-likeness (QED) is 0.923. The molecule has 0 aliphatic heterocycles. The summed E-state index contributed by atoms with van der Waals surface area (Å²) in [5.41, 5.74) is 2.35. The van der Waals surface area contributed by atoms with Crippen molar-refractivity contribution in [2.45, 2.75) is 13.8 Å². The molecule has 4 nitrogen and oxygen atoms in total. The number of nitrogens with zero attached hydrogens (tertiary/aromatic N) is 1. The molecule has 1 amide bonds. The van der Waals surface area contributed by atoms with Crippen molar-refractivity contribution in [2.75, 3.05) is 11.9 Å². The largest absolute Gasteiger partial charge is 0.492 e. The fraction of sp³-hybridized carbons (Fsp3) is 0.267. The van der Waals surface area contributed by atoms with Gasteiger partial charge in [-0.05, 0) is 53.5 Å². The second-order valence-electron chi connectivity index (χ2n) is 4.54. The first kappa shape index (κ1) is 14.7. The topological polar surface area (TPSA) is 43.3 Å². The molecule has 106 valence electrons. The summed E-state index contributed by atoms with van der Waals surface area (Å²) in [6.45, 7) is 4.46. The number of hydrogen-bond acceptors (Lipinski definition) is 2. The van der Waals surface area contributed by atoms with Crippen LogP contribution in [0.25, 0.3) is 0 Å². The first-order chi connectivity index (χ1) is 9.51. The minimum absolute atomic E-state index is 0.164. The first-order valence-electron chi connectivity index (χ1n) is 6.38. The molecule has 1 aromatic heterocycles. The maximum atomic E-state index is 12.3. The first-order valence-corrected chi connectivity index (χ1v) is 7.17. The number of aromatic nitrogens is 1. The van der Waals surface area contributed by atoms with Crippen molar-refractivity contribution in [1.82, 2.24) is 4.57 Å². The Balaban J connectivity index is 2.25. The maximum Gasteiger partial charge on any atom is 0.272 e. The summed E-state index contributed by atoms with van der Waals surface area (Å²) >= 11 is 3.36. The van der Waals surface area contributed by atoms with Crippen LogP contribution >= 0.6 is 15.9 Å². The van der Waals surface area contributed by atoms with Gasteiger partial charge in [-0.3, -0.25) is 4.79 Å². The monoisotopic (exact) mass is 336 g/mol. The third-order valence-electron chi connectivity index (χ3n) is 2.89. The van der Waals surface area contributed by atoms with Gasteiger partial charge in [-0.2, -0.15) is 0 Å². The van der Waals surface area contributed by atoms with Gasteiger partial charge in [0, 0.05) is 17.7 Å². The number of aryl methyl sites for hydroxylation is 2. The summed E-state index contributed by atoms with van der Waals surface area (Å²) in [6.07, 6.45) is 1.84. The van der Waals surface area contributed by atoms with Crippen LogP contribution in [0.2, 0.25) is 0 Å². The third-order valence-corrected chi connectivity index (χ3v) is 3.32. The van der Waals surface area contributed by atoms with E-state index in [0.717, 1.165) is 10.0 Å². The van der Waals surface area contributed by atoms with E-state index in [2.05, 4.69) is 21.2 Å². The van der Waals surface area contributed by atoms with Crippen molar-refractivity contribution >= 4 is 27.5 Å². The smallest absolute Gasteiger partial charge is 0.272 e. The van der Waals surface area contributed by atoms with Crippen LogP contribution in [-0.4, -0.2) is 17.1 Å². The molecule has 0 aliphatic carbocycles. The fourth-order valence-corrected chi connectivity index (χ4v) is 2.47. The lowest BCUT2D eigenvalue weighted by molar-refractivity contribution is 0.101. The van der Waals surface area contributed by atoms with Gasteiger partial charge in [0.15, 0.2) is 0 Å². The summed E-state index contributed by atoms with van der Waals surface area (Å²) in [7, 11) is 1.83. The molecule has 0 radical (unpaired) electrons. The third kappa shape index (κ3) is 3.22. The number of halogens is 1. The van der Waals surface area contributed by atoms with Crippen LogP contribution in [0.5, 0.6) is 5.75 Å². The van der Waals surface area contributed by atoms with Crippen molar-refractivity contribution < 1.29 is 9.53 Å². The molecular formula is C15H17BrN2O2. The van der Waals surface area contributed by atoms with Crippen LogP contribution < -0.4 is 10.1 Å². The molecule has 1 N–H and O–H groups in total. The summed E-state index contributed by atoms with van der Waals surface area (Å²) in [5.74, 6) is 0.525. The Hall–Kier alpha value is -1.75. The molecule has 0 saturated heterocycles. The number of carbonyl (C=O) groups excluding carboxylic acids is 1. The normalized spacial score (nSPS) is 10.4. The molecule has 0 spiro atoms. The van der Waals surface area contributed by atoms with Gasteiger partial charge in [0.05, 0.1) is 12.3 Å². The number of rotatable bonds is 4. The minimum atomic E-state index is -0.164. The number of ether oxygens (including phenoxy) is 1. The number of amides is 1. The molecule has 1 heterocycles. The molecule has 5 heteroatoms. The second kappa shape index (κ2) is 6.13. The lowest BCUT2D eigenvalue weighted by atomic mass is 10.2. The minimum Gasteiger partial charge on any atom is -0.492 e. The Bertz CT molecular complexity index is 635. The van der Waals surface area contributed by atoms with Gasteiger partial charge < -0.3 is 14.6 Å². The van der Waals surface area contributed by atoms with Gasteiger partial charge in [-0.25, -0.2) is 0 Å². The Kier molecular flexibility index (Phi) is 4.49. The lowest BCUT2D eigenvalue weighted by Crippen LogP contribution is -2.16. The molecule has 0 saturated carbocycles. The lowest BCUT2D eigenvalue weighted by Gasteiger charge is -2.12. The second-order valence-corrected chi connectivity index (χ2v) is 5.46. The van der Waals surface area contributed by atoms with Gasteiger partial charge in [0.1, 0.15) is 11.4 Å². The molecule has 0 unspecified atom stereocenters. The Morgan fingerprint density at radius 3 is 2.75 bits per heavy atom. The Morgan fingerprint density at radius 2 is 2.15 bits per heavy atom. The average molecular weight is 337 g/mol. The van der Waals surface area contributed by atoms with E-state index in [9.17, 15) is 4.79 Å². The van der Waals surface area contributed by atoms with Crippen LogP contribution in [0.15, 0.2) is 34.9 Å². The van der Waals surface area contributed by atoms with Crippen LogP contribution in [0, 0.1) is 6.92 Å². The van der Waals surface area contributed by atoms with Gasteiger partial charge in [-0.1, -0.05) is 6.07 Å². The number of anilines is 1. The van der Waals surface area contributed by atoms with E-state index in [1.54, 1.807) is 10.6 Å². The summed E-state index contributed by atoms with van der Waals surface area (Å²) < 4.78 is 8.21. The predicted molar refractivity (Wildman–Crippen MR) is 83.4 cm³/mol. The standard InChI is InChI=1S/C15H17BrN2O2/c1-4-20-14-7-10(2)5-6-12(14)17-15(19)13-8-11(16)9-18(13)3/h5-9H,4H2,1-3H3,(H,17,19). The van der Waals surface area contributed by atoms with Crippen LogP contribution in [-0.2, 0) is 7.05 Å². The van der Waals surface area contributed by atoms with Gasteiger partial charge in [-0.15, -0.1) is 0 Å². The van der Waals surface area contributed by atoms with Crippen LogP contribution in [0.3, 0.4) is 0 Å². The fourth-order valence-electron chi connectivity index (χ4n) is 1.94. The maximum absolute atomic E-state index is 12.3. The van der Waals surface area contributed by atoms with E-state index in [4.69, 9.17) is 4.74 Å². The molecule has 1 aromatic carbocycles. The van der Waals surface area contributed by atoms with Crippen molar-refractivity contribution in [3.8, 4) is 5.75 Å². The molecular weight excluding hydrogens is 320 g/mol. The van der Waals surface area contributed by atoms with E-state index >= 15 is 0 Å². The van der Waals surface area contributed by atoms with E-state index in [0.29, 0.717) is 23.7 Å². The molecule has 20 heavy (non-hydrogen) atoms. The van der Waals surface area contributed by atoms with Crippen LogP contribution in [0.1, 0.15) is 23.0 Å². The number of nitrogens with one attached hydrogen (secondary N) is 1. The SMILES string of the molecule is CCOc1cc(C)ccc1NC(=O)c1cc(Br)cn1C. The Labute approximate surface area is 126 Å². The van der Waals surface area contributed by atoms with Crippen molar-refractivity contribution in [3.63, 3.8) is 0 Å². The highest BCUT2D eigenvalue weighted by atomic mass is 79.9. The van der Waals surface area contributed by atoms with E-state index < -0.39 is 0 Å². The molecule has 0 aliphatic rings. The average Bonchev–Trinajstić information content (AvgIpc) is 2.72. The Morgan fingerprint density at radius 1 is 1.40 bits per heavy atom. The molecule has 0 atom stereocenters. The van der Waals surface area contributed by atoms with Gasteiger partial charge >= 0.3 is 0 Å². The van der Waals surface area contributed by atoms with Crippen molar-refractivity contribution in [3.05, 3.63) is 46.2 Å². The number of carbonyl (C=O) groups is 1. The zero-order chi connectivity index (χ0) is 14.7. The van der Waals surface area contributed by atoms with Gasteiger partial charge in [0.25, 0.3) is 5.91 Å². The number of hydrogen-bond donors (Lipinski definition) is 1. The van der Waals surface area contributed by atoms with Crippen molar-refractivity contribution in [2.24, 2.45) is 7.05 Å². The predicted octanol–water partition coefficient (Wildman–Crippen LogP) is 3.75. The molecule has 2 aromatic rings. The molecule has 0 bridgehead atoms.